The molecular weight excluding hydrogens is 266 g/mol. The van der Waals surface area contributed by atoms with Crippen molar-refractivity contribution in [3.05, 3.63) is 23.8 Å². The Morgan fingerprint density at radius 2 is 1.90 bits per heavy atom. The molecule has 0 aromatic heterocycles. The second-order valence-corrected chi connectivity index (χ2v) is 6.06. The van der Waals surface area contributed by atoms with Crippen molar-refractivity contribution in [1.82, 2.24) is 5.32 Å². The summed E-state index contributed by atoms with van der Waals surface area (Å²) in [5, 5.41) is 12.3. The predicted octanol–water partition coefficient (Wildman–Crippen LogP) is 3.12. The summed E-state index contributed by atoms with van der Waals surface area (Å²) in [6.07, 6.45) is 1.59. The van der Waals surface area contributed by atoms with Crippen LogP contribution in [0.25, 0.3) is 0 Å². The predicted molar refractivity (Wildman–Crippen MR) is 86.0 cm³/mol. The summed E-state index contributed by atoms with van der Waals surface area (Å²) in [5.74, 6) is 1.60. The van der Waals surface area contributed by atoms with Crippen LogP contribution in [0.4, 0.5) is 0 Å². The zero-order valence-electron chi connectivity index (χ0n) is 13.7. The van der Waals surface area contributed by atoms with Crippen LogP contribution in [0, 0.1) is 0 Å². The first-order chi connectivity index (χ1) is 9.98. The van der Waals surface area contributed by atoms with Gasteiger partial charge < -0.3 is 19.9 Å². The number of hydrogen-bond donors (Lipinski definition) is 2. The van der Waals surface area contributed by atoms with Crippen molar-refractivity contribution in [2.75, 3.05) is 19.8 Å². The van der Waals surface area contributed by atoms with Crippen LogP contribution in [0.1, 0.15) is 46.1 Å². The van der Waals surface area contributed by atoms with E-state index in [1.165, 1.54) is 0 Å². The highest BCUT2D eigenvalue weighted by Crippen LogP contribution is 2.32. The SMILES string of the molecule is CCOc1cccc(CNC(C)(C)C)c1OCCCCO. The number of para-hydroxylation sites is 1. The molecule has 4 heteroatoms. The Balaban J connectivity index is 2.81. The fourth-order valence-electron chi connectivity index (χ4n) is 1.88. The highest BCUT2D eigenvalue weighted by molar-refractivity contribution is 5.46. The Morgan fingerprint density at radius 1 is 1.14 bits per heavy atom. The van der Waals surface area contributed by atoms with Crippen LogP contribution in [0.15, 0.2) is 18.2 Å². The van der Waals surface area contributed by atoms with E-state index in [4.69, 9.17) is 14.6 Å². The third-order valence-electron chi connectivity index (χ3n) is 2.97. The van der Waals surface area contributed by atoms with Crippen molar-refractivity contribution in [3.8, 4) is 11.5 Å². The number of unbranched alkanes of at least 4 members (excludes halogenated alkanes) is 1. The lowest BCUT2D eigenvalue weighted by atomic mass is 10.1. The van der Waals surface area contributed by atoms with Crippen LogP contribution in [0.5, 0.6) is 11.5 Å². The number of nitrogens with one attached hydrogen (secondary N) is 1. The molecule has 0 amide bonds. The van der Waals surface area contributed by atoms with E-state index in [-0.39, 0.29) is 12.1 Å². The molecule has 4 nitrogen and oxygen atoms in total. The number of hydrogen-bond acceptors (Lipinski definition) is 4. The van der Waals surface area contributed by atoms with Crippen LogP contribution in [-0.2, 0) is 6.54 Å². The zero-order valence-corrected chi connectivity index (χ0v) is 13.7. The number of aliphatic hydroxyl groups excluding tert-OH is 1. The van der Waals surface area contributed by atoms with Crippen molar-refractivity contribution in [2.45, 2.75) is 52.6 Å². The Hall–Kier alpha value is -1.26. The number of aliphatic hydroxyl groups is 1. The lowest BCUT2D eigenvalue weighted by Crippen LogP contribution is -2.35. The topological polar surface area (TPSA) is 50.7 Å². The van der Waals surface area contributed by atoms with E-state index in [2.05, 4.69) is 32.2 Å². The van der Waals surface area contributed by atoms with E-state index in [1.807, 2.05) is 19.1 Å². The quantitative estimate of drug-likeness (QED) is 0.687. The minimum atomic E-state index is 0.0514. The molecule has 1 rings (SSSR count). The average Bonchev–Trinajstić information content (AvgIpc) is 2.42. The smallest absolute Gasteiger partial charge is 0.165 e. The Kier molecular flexibility index (Phi) is 7.54. The van der Waals surface area contributed by atoms with Crippen molar-refractivity contribution < 1.29 is 14.6 Å². The molecule has 1 aromatic rings. The van der Waals surface area contributed by atoms with Crippen molar-refractivity contribution in [2.24, 2.45) is 0 Å². The second-order valence-electron chi connectivity index (χ2n) is 6.06. The first-order valence-electron chi connectivity index (χ1n) is 7.71. The fourth-order valence-corrected chi connectivity index (χ4v) is 1.88. The molecule has 0 aliphatic rings. The lowest BCUT2D eigenvalue weighted by molar-refractivity contribution is 0.241. The van der Waals surface area contributed by atoms with E-state index >= 15 is 0 Å². The number of rotatable bonds is 9. The van der Waals surface area contributed by atoms with Gasteiger partial charge in [-0.05, 0) is 46.6 Å². The number of ether oxygens (including phenoxy) is 2. The normalized spacial score (nSPS) is 11.5. The molecule has 0 aliphatic heterocycles. The summed E-state index contributed by atoms with van der Waals surface area (Å²) in [6, 6.07) is 5.99. The Morgan fingerprint density at radius 3 is 2.52 bits per heavy atom. The highest BCUT2D eigenvalue weighted by Gasteiger charge is 2.14. The fraction of sp³-hybridized carbons (Fsp3) is 0.647. The van der Waals surface area contributed by atoms with Crippen LogP contribution in [0.3, 0.4) is 0 Å². The van der Waals surface area contributed by atoms with Crippen molar-refractivity contribution in [3.63, 3.8) is 0 Å². The minimum Gasteiger partial charge on any atom is -0.490 e. The maximum Gasteiger partial charge on any atom is 0.165 e. The molecule has 0 fully saturated rings. The average molecular weight is 295 g/mol. The van der Waals surface area contributed by atoms with Gasteiger partial charge in [0.2, 0.25) is 0 Å². The third-order valence-corrected chi connectivity index (χ3v) is 2.97. The van der Waals surface area contributed by atoms with Crippen LogP contribution in [-0.4, -0.2) is 30.5 Å². The maximum absolute atomic E-state index is 8.84. The molecule has 0 saturated heterocycles. The van der Waals surface area contributed by atoms with Crippen LogP contribution >= 0.6 is 0 Å². The molecule has 120 valence electrons. The summed E-state index contributed by atoms with van der Waals surface area (Å²) >= 11 is 0. The van der Waals surface area contributed by atoms with Gasteiger partial charge in [-0.15, -0.1) is 0 Å². The number of benzene rings is 1. The van der Waals surface area contributed by atoms with Gasteiger partial charge in [-0.1, -0.05) is 12.1 Å². The molecule has 0 spiro atoms. The lowest BCUT2D eigenvalue weighted by Gasteiger charge is -2.22. The minimum absolute atomic E-state index is 0.0514. The highest BCUT2D eigenvalue weighted by atomic mass is 16.5. The molecule has 21 heavy (non-hydrogen) atoms. The van der Waals surface area contributed by atoms with Gasteiger partial charge >= 0.3 is 0 Å². The third kappa shape index (κ3) is 6.82. The van der Waals surface area contributed by atoms with Crippen LogP contribution < -0.4 is 14.8 Å². The molecule has 0 bridgehead atoms. The zero-order chi connectivity index (χ0) is 15.7. The summed E-state index contributed by atoms with van der Waals surface area (Å²) in [6.45, 7) is 10.5. The van der Waals surface area contributed by atoms with E-state index in [0.29, 0.717) is 13.2 Å². The summed E-state index contributed by atoms with van der Waals surface area (Å²) < 4.78 is 11.6. The molecule has 0 atom stereocenters. The van der Waals surface area contributed by atoms with E-state index in [9.17, 15) is 0 Å². The summed E-state index contributed by atoms with van der Waals surface area (Å²) in [4.78, 5) is 0. The van der Waals surface area contributed by atoms with Crippen molar-refractivity contribution in [1.29, 1.82) is 0 Å². The van der Waals surface area contributed by atoms with Gasteiger partial charge in [0.1, 0.15) is 0 Å². The Bertz CT molecular complexity index is 413. The van der Waals surface area contributed by atoms with Crippen molar-refractivity contribution >= 4 is 0 Å². The molecule has 0 aliphatic carbocycles. The second kappa shape index (κ2) is 8.90. The van der Waals surface area contributed by atoms with Gasteiger partial charge in [0.05, 0.1) is 13.2 Å². The largest absolute Gasteiger partial charge is 0.490 e. The molecule has 1 aromatic carbocycles. The van der Waals surface area contributed by atoms with Gasteiger partial charge in [0.25, 0.3) is 0 Å². The molecular formula is C17H29NO3. The van der Waals surface area contributed by atoms with Gasteiger partial charge in [-0.2, -0.15) is 0 Å². The monoisotopic (exact) mass is 295 g/mol. The van der Waals surface area contributed by atoms with Gasteiger partial charge in [0, 0.05) is 24.3 Å². The van der Waals surface area contributed by atoms with Gasteiger partial charge in [0.15, 0.2) is 11.5 Å². The van der Waals surface area contributed by atoms with E-state index in [0.717, 1.165) is 36.4 Å². The van der Waals surface area contributed by atoms with Gasteiger partial charge in [-0.3, -0.25) is 0 Å². The molecule has 2 N–H and O–H groups in total. The first-order valence-corrected chi connectivity index (χ1v) is 7.71. The van der Waals surface area contributed by atoms with E-state index in [1.54, 1.807) is 0 Å². The van der Waals surface area contributed by atoms with Crippen LogP contribution in [0.2, 0.25) is 0 Å². The maximum atomic E-state index is 8.84. The van der Waals surface area contributed by atoms with Gasteiger partial charge in [-0.25, -0.2) is 0 Å². The molecule has 0 unspecified atom stereocenters. The molecule has 0 heterocycles. The standard InChI is InChI=1S/C17H29NO3/c1-5-20-15-10-8-9-14(13-18-17(2,3)4)16(15)21-12-7-6-11-19/h8-10,18-19H,5-7,11-13H2,1-4H3. The van der Waals surface area contributed by atoms with E-state index < -0.39 is 0 Å². The summed E-state index contributed by atoms with van der Waals surface area (Å²) in [7, 11) is 0. The Labute approximate surface area is 128 Å². The molecule has 0 saturated carbocycles. The first kappa shape index (κ1) is 17.8. The molecule has 0 radical (unpaired) electrons. The summed E-state index contributed by atoms with van der Waals surface area (Å²) in [5.41, 5.74) is 1.15.